The molecule has 0 unspecified atom stereocenters. The van der Waals surface area contributed by atoms with Crippen LogP contribution in [0.2, 0.25) is 0 Å². The molecule has 0 saturated heterocycles. The van der Waals surface area contributed by atoms with Gasteiger partial charge in [-0.2, -0.15) is 0 Å². The minimum absolute atomic E-state index is 0. The molecule has 2 rings (SSSR count). The summed E-state index contributed by atoms with van der Waals surface area (Å²) in [6.07, 6.45) is 0. The van der Waals surface area contributed by atoms with Gasteiger partial charge in [-0.3, -0.25) is 4.99 Å². The normalized spacial score (nSPS) is 11.0. The third kappa shape index (κ3) is 9.12. The zero-order chi connectivity index (χ0) is 22.5. The molecular formula is C24H37IN4O3. The van der Waals surface area contributed by atoms with Crippen LogP contribution in [0.3, 0.4) is 0 Å². The van der Waals surface area contributed by atoms with Crippen LogP contribution in [0.4, 0.5) is 0 Å². The fourth-order valence-corrected chi connectivity index (χ4v) is 3.12. The van der Waals surface area contributed by atoms with Crippen LogP contribution < -0.4 is 24.8 Å². The number of benzene rings is 2. The van der Waals surface area contributed by atoms with Crippen LogP contribution in [0.1, 0.15) is 25.0 Å². The van der Waals surface area contributed by atoms with Crippen LogP contribution in [0.5, 0.6) is 17.2 Å². The lowest BCUT2D eigenvalue weighted by Gasteiger charge is -2.18. The van der Waals surface area contributed by atoms with Crippen molar-refractivity contribution in [1.82, 2.24) is 15.5 Å². The van der Waals surface area contributed by atoms with Crippen molar-refractivity contribution < 1.29 is 14.2 Å². The Labute approximate surface area is 209 Å². The third-order valence-corrected chi connectivity index (χ3v) is 5.09. The summed E-state index contributed by atoms with van der Waals surface area (Å²) in [6.45, 7) is 9.37. The molecule has 0 amide bonds. The van der Waals surface area contributed by atoms with Crippen molar-refractivity contribution in [2.24, 2.45) is 4.99 Å². The maximum absolute atomic E-state index is 5.85. The summed E-state index contributed by atoms with van der Waals surface area (Å²) in [4.78, 5) is 6.64. The highest BCUT2D eigenvalue weighted by Crippen LogP contribution is 2.27. The van der Waals surface area contributed by atoms with E-state index < -0.39 is 0 Å². The number of nitrogens with one attached hydrogen (secondary N) is 2. The van der Waals surface area contributed by atoms with Crippen LogP contribution in [-0.2, 0) is 13.1 Å². The number of hydrogen-bond acceptors (Lipinski definition) is 5. The van der Waals surface area contributed by atoms with Gasteiger partial charge in [-0.1, -0.05) is 32.0 Å². The predicted molar refractivity (Wildman–Crippen MR) is 142 cm³/mol. The lowest BCUT2D eigenvalue weighted by Crippen LogP contribution is -2.36. The van der Waals surface area contributed by atoms with Gasteiger partial charge in [-0.05, 0) is 48.5 Å². The number of rotatable bonds is 12. The van der Waals surface area contributed by atoms with E-state index in [9.17, 15) is 0 Å². The molecule has 0 radical (unpaired) electrons. The van der Waals surface area contributed by atoms with Gasteiger partial charge in [0.2, 0.25) is 0 Å². The Morgan fingerprint density at radius 2 is 1.47 bits per heavy atom. The molecule has 0 aliphatic rings. The van der Waals surface area contributed by atoms with E-state index in [-0.39, 0.29) is 24.0 Å². The van der Waals surface area contributed by atoms with Crippen molar-refractivity contribution in [3.63, 3.8) is 0 Å². The van der Waals surface area contributed by atoms with Gasteiger partial charge in [-0.15, -0.1) is 24.0 Å². The SMILES string of the molecule is CCN(CC)CCOc1ccc(CNC(=NC)NCc2ccc(OC)c(OC)c2)cc1.I. The Morgan fingerprint density at radius 3 is 2.03 bits per heavy atom. The average molecular weight is 556 g/mol. The second-order valence-corrected chi connectivity index (χ2v) is 6.99. The first-order chi connectivity index (χ1) is 15.1. The van der Waals surface area contributed by atoms with Gasteiger partial charge in [0, 0.05) is 26.7 Å². The number of nitrogens with zero attached hydrogens (tertiary/aromatic N) is 2. The number of halogens is 1. The first-order valence-corrected chi connectivity index (χ1v) is 10.7. The van der Waals surface area contributed by atoms with Gasteiger partial charge >= 0.3 is 0 Å². The van der Waals surface area contributed by atoms with E-state index in [2.05, 4.69) is 46.5 Å². The smallest absolute Gasteiger partial charge is 0.191 e. The van der Waals surface area contributed by atoms with Gasteiger partial charge in [0.25, 0.3) is 0 Å². The van der Waals surface area contributed by atoms with E-state index in [1.165, 1.54) is 0 Å². The highest BCUT2D eigenvalue weighted by molar-refractivity contribution is 14.0. The summed E-state index contributed by atoms with van der Waals surface area (Å²) in [5, 5.41) is 6.65. The van der Waals surface area contributed by atoms with Crippen molar-refractivity contribution >= 4 is 29.9 Å². The number of guanidine groups is 1. The Bertz CT molecular complexity index is 811. The van der Waals surface area contributed by atoms with Crippen molar-refractivity contribution in [2.45, 2.75) is 26.9 Å². The lowest BCUT2D eigenvalue weighted by molar-refractivity contribution is 0.223. The molecule has 0 aliphatic heterocycles. The first-order valence-electron chi connectivity index (χ1n) is 10.7. The molecule has 0 saturated carbocycles. The molecule has 32 heavy (non-hydrogen) atoms. The Hall–Kier alpha value is -2.20. The van der Waals surface area contributed by atoms with Crippen LogP contribution in [-0.4, -0.2) is 58.4 Å². The Kier molecular flexibility index (Phi) is 13.5. The quantitative estimate of drug-likeness (QED) is 0.235. The molecule has 0 fully saturated rings. The largest absolute Gasteiger partial charge is 0.493 e. The fraction of sp³-hybridized carbons (Fsp3) is 0.458. The average Bonchev–Trinajstić information content (AvgIpc) is 2.82. The Balaban J connectivity index is 0.00000512. The molecule has 0 spiro atoms. The first kappa shape index (κ1) is 27.8. The number of aliphatic imine (C=N–C) groups is 1. The highest BCUT2D eigenvalue weighted by Gasteiger charge is 2.06. The number of methoxy groups -OCH3 is 2. The molecular weight excluding hydrogens is 519 g/mol. The molecule has 8 heteroatoms. The summed E-state index contributed by atoms with van der Waals surface area (Å²) < 4.78 is 16.5. The molecule has 0 aliphatic carbocycles. The predicted octanol–water partition coefficient (Wildman–Crippen LogP) is 3.91. The zero-order valence-electron chi connectivity index (χ0n) is 19.8. The monoisotopic (exact) mass is 556 g/mol. The maximum atomic E-state index is 5.85. The highest BCUT2D eigenvalue weighted by atomic mass is 127. The fourth-order valence-electron chi connectivity index (χ4n) is 3.12. The standard InChI is InChI=1S/C24H36N4O3.HI/c1-6-28(7-2)14-15-31-21-11-8-19(9-12-21)17-26-24(25-3)27-18-20-10-13-22(29-4)23(16-20)30-5;/h8-13,16H,6-7,14-15,17-18H2,1-5H3,(H2,25,26,27);1H. The van der Waals surface area contributed by atoms with Gasteiger partial charge in [0.05, 0.1) is 14.2 Å². The summed E-state index contributed by atoms with van der Waals surface area (Å²) in [5.41, 5.74) is 2.23. The Morgan fingerprint density at radius 1 is 0.875 bits per heavy atom. The molecule has 0 heterocycles. The summed E-state index contributed by atoms with van der Waals surface area (Å²) in [6, 6.07) is 14.0. The van der Waals surface area contributed by atoms with E-state index in [0.717, 1.165) is 42.5 Å². The molecule has 178 valence electrons. The zero-order valence-corrected chi connectivity index (χ0v) is 22.1. The molecule has 2 aromatic carbocycles. The van der Waals surface area contributed by atoms with Crippen LogP contribution >= 0.6 is 24.0 Å². The van der Waals surface area contributed by atoms with Gasteiger partial charge in [0.1, 0.15) is 12.4 Å². The molecule has 0 bridgehead atoms. The maximum Gasteiger partial charge on any atom is 0.191 e. The minimum Gasteiger partial charge on any atom is -0.493 e. The molecule has 0 atom stereocenters. The molecule has 2 N–H and O–H groups in total. The number of hydrogen-bond donors (Lipinski definition) is 2. The molecule has 7 nitrogen and oxygen atoms in total. The third-order valence-electron chi connectivity index (χ3n) is 5.09. The summed E-state index contributed by atoms with van der Waals surface area (Å²) in [7, 11) is 5.03. The second kappa shape index (κ2) is 15.6. The van der Waals surface area contributed by atoms with E-state index in [1.54, 1.807) is 21.3 Å². The molecule has 2 aromatic rings. The lowest BCUT2D eigenvalue weighted by atomic mass is 10.2. The van der Waals surface area contributed by atoms with E-state index in [1.807, 2.05) is 30.3 Å². The minimum atomic E-state index is 0. The van der Waals surface area contributed by atoms with Crippen LogP contribution in [0.25, 0.3) is 0 Å². The molecule has 0 aromatic heterocycles. The topological polar surface area (TPSA) is 67.4 Å². The van der Waals surface area contributed by atoms with Gasteiger partial charge < -0.3 is 29.7 Å². The van der Waals surface area contributed by atoms with Gasteiger partial charge in [0.15, 0.2) is 17.5 Å². The van der Waals surface area contributed by atoms with Crippen molar-refractivity contribution in [3.8, 4) is 17.2 Å². The van der Waals surface area contributed by atoms with E-state index in [4.69, 9.17) is 14.2 Å². The van der Waals surface area contributed by atoms with E-state index in [0.29, 0.717) is 31.2 Å². The van der Waals surface area contributed by atoms with Crippen molar-refractivity contribution in [1.29, 1.82) is 0 Å². The van der Waals surface area contributed by atoms with Crippen molar-refractivity contribution in [2.75, 3.05) is 47.5 Å². The second-order valence-electron chi connectivity index (χ2n) is 6.99. The van der Waals surface area contributed by atoms with Crippen LogP contribution in [0.15, 0.2) is 47.5 Å². The summed E-state index contributed by atoms with van der Waals surface area (Å²) in [5.74, 6) is 3.06. The van der Waals surface area contributed by atoms with Gasteiger partial charge in [-0.25, -0.2) is 0 Å². The van der Waals surface area contributed by atoms with Crippen LogP contribution in [0, 0.1) is 0 Å². The number of likely N-dealkylation sites (N-methyl/N-ethyl adjacent to an activating group) is 1. The number of ether oxygens (including phenoxy) is 3. The van der Waals surface area contributed by atoms with E-state index >= 15 is 0 Å². The summed E-state index contributed by atoms with van der Waals surface area (Å²) >= 11 is 0. The van der Waals surface area contributed by atoms with Crippen molar-refractivity contribution in [3.05, 3.63) is 53.6 Å².